The first kappa shape index (κ1) is 8.84. The highest BCUT2D eigenvalue weighted by Gasteiger charge is 2.30. The number of nitrogens with one attached hydrogen (secondary N) is 2. The molecular formula is C9H17N3O. The molecule has 1 saturated heterocycles. The molecule has 0 spiro atoms. The van der Waals surface area contributed by atoms with Gasteiger partial charge in [0.05, 0.1) is 0 Å². The van der Waals surface area contributed by atoms with Gasteiger partial charge in [-0.3, -0.25) is 10.7 Å². The molecule has 2 aliphatic rings. The second-order valence-electron chi connectivity index (χ2n) is 3.74. The van der Waals surface area contributed by atoms with Crippen molar-refractivity contribution >= 4 is 0 Å². The van der Waals surface area contributed by atoms with Gasteiger partial charge in [0.2, 0.25) is 0 Å². The molecule has 0 aromatic rings. The van der Waals surface area contributed by atoms with Gasteiger partial charge in [0.1, 0.15) is 6.17 Å². The van der Waals surface area contributed by atoms with Crippen LogP contribution in [-0.4, -0.2) is 28.9 Å². The van der Waals surface area contributed by atoms with Gasteiger partial charge in [-0.05, 0) is 12.8 Å². The van der Waals surface area contributed by atoms with E-state index in [9.17, 15) is 5.11 Å². The molecule has 2 aliphatic heterocycles. The second kappa shape index (κ2) is 3.55. The van der Waals surface area contributed by atoms with Crippen LogP contribution in [0.25, 0.3) is 0 Å². The van der Waals surface area contributed by atoms with Gasteiger partial charge >= 0.3 is 0 Å². The van der Waals surface area contributed by atoms with E-state index >= 15 is 0 Å². The van der Waals surface area contributed by atoms with Crippen LogP contribution in [0.4, 0.5) is 0 Å². The van der Waals surface area contributed by atoms with Crippen molar-refractivity contribution in [1.82, 2.24) is 15.8 Å². The third kappa shape index (κ3) is 1.78. The first-order chi connectivity index (χ1) is 6.29. The Hall–Kier alpha value is -0.740. The molecule has 0 aliphatic carbocycles. The van der Waals surface area contributed by atoms with E-state index in [1.165, 1.54) is 12.8 Å². The molecule has 0 aromatic heterocycles. The Kier molecular flexibility index (Phi) is 2.42. The summed E-state index contributed by atoms with van der Waals surface area (Å²) in [6.45, 7) is 3.21. The van der Waals surface area contributed by atoms with E-state index < -0.39 is 0 Å². The van der Waals surface area contributed by atoms with Crippen molar-refractivity contribution in [2.45, 2.75) is 38.4 Å². The van der Waals surface area contributed by atoms with Crippen LogP contribution in [0.5, 0.6) is 0 Å². The minimum atomic E-state index is 0.185. The molecular weight excluding hydrogens is 166 g/mol. The molecule has 13 heavy (non-hydrogen) atoms. The fourth-order valence-electron chi connectivity index (χ4n) is 2.02. The Balaban J connectivity index is 1.92. The Morgan fingerprint density at radius 3 is 3.31 bits per heavy atom. The molecule has 0 bridgehead atoms. The predicted octanol–water partition coefficient (Wildman–Crippen LogP) is 0.694. The normalized spacial score (nSPS) is 33.8. The van der Waals surface area contributed by atoms with Gasteiger partial charge in [-0.15, -0.1) is 0 Å². The summed E-state index contributed by atoms with van der Waals surface area (Å²) in [4.78, 5) is 0. The standard InChI is InChI=1S/C9H17N3O/c1-2-3-7-4-5-12-8(10-7)6-9(13)11-12/h6-8,10-11,13H,2-5H2,1H3. The van der Waals surface area contributed by atoms with Crippen LogP contribution < -0.4 is 10.7 Å². The molecule has 74 valence electrons. The Morgan fingerprint density at radius 1 is 1.69 bits per heavy atom. The van der Waals surface area contributed by atoms with E-state index in [-0.39, 0.29) is 12.0 Å². The molecule has 0 aromatic carbocycles. The fourth-order valence-corrected chi connectivity index (χ4v) is 2.02. The zero-order valence-electron chi connectivity index (χ0n) is 7.95. The number of aliphatic hydroxyl groups is 1. The first-order valence-corrected chi connectivity index (χ1v) is 4.99. The van der Waals surface area contributed by atoms with Crippen LogP contribution in [0.15, 0.2) is 12.0 Å². The minimum absolute atomic E-state index is 0.185. The average molecular weight is 183 g/mol. The summed E-state index contributed by atoms with van der Waals surface area (Å²) in [5.74, 6) is 0.273. The van der Waals surface area contributed by atoms with Gasteiger partial charge in [0, 0.05) is 18.7 Å². The molecule has 2 heterocycles. The predicted molar refractivity (Wildman–Crippen MR) is 50.8 cm³/mol. The third-order valence-corrected chi connectivity index (χ3v) is 2.67. The lowest BCUT2D eigenvalue weighted by atomic mass is 10.1. The van der Waals surface area contributed by atoms with E-state index in [4.69, 9.17) is 0 Å². The number of nitrogens with zero attached hydrogens (tertiary/aromatic N) is 1. The van der Waals surface area contributed by atoms with Gasteiger partial charge < -0.3 is 5.11 Å². The van der Waals surface area contributed by atoms with E-state index in [2.05, 4.69) is 17.7 Å². The average Bonchev–Trinajstić information content (AvgIpc) is 2.44. The van der Waals surface area contributed by atoms with Crippen LogP contribution in [0.3, 0.4) is 0 Å². The van der Waals surface area contributed by atoms with Crippen LogP contribution >= 0.6 is 0 Å². The third-order valence-electron chi connectivity index (χ3n) is 2.67. The number of hydrogen-bond acceptors (Lipinski definition) is 4. The summed E-state index contributed by atoms with van der Waals surface area (Å²) in [5, 5.41) is 14.7. The quantitative estimate of drug-likeness (QED) is 0.589. The van der Waals surface area contributed by atoms with Crippen molar-refractivity contribution in [3.05, 3.63) is 12.0 Å². The smallest absolute Gasteiger partial charge is 0.197 e. The summed E-state index contributed by atoms with van der Waals surface area (Å²) in [7, 11) is 0. The van der Waals surface area contributed by atoms with Gasteiger partial charge in [-0.2, -0.15) is 5.01 Å². The van der Waals surface area contributed by atoms with E-state index in [0.29, 0.717) is 6.04 Å². The summed E-state index contributed by atoms with van der Waals surface area (Å²) in [6.07, 6.45) is 5.59. The highest BCUT2D eigenvalue weighted by atomic mass is 16.3. The van der Waals surface area contributed by atoms with Crippen molar-refractivity contribution in [3.8, 4) is 0 Å². The van der Waals surface area contributed by atoms with Crippen molar-refractivity contribution in [3.63, 3.8) is 0 Å². The maximum atomic E-state index is 9.24. The summed E-state index contributed by atoms with van der Waals surface area (Å²) < 4.78 is 0. The van der Waals surface area contributed by atoms with Gasteiger partial charge in [-0.25, -0.2) is 0 Å². The summed E-state index contributed by atoms with van der Waals surface area (Å²) >= 11 is 0. The molecule has 1 fully saturated rings. The van der Waals surface area contributed by atoms with Crippen LogP contribution in [0.2, 0.25) is 0 Å². The molecule has 2 unspecified atom stereocenters. The van der Waals surface area contributed by atoms with Gasteiger partial charge in [0.15, 0.2) is 5.88 Å². The number of hydrogen-bond donors (Lipinski definition) is 3. The van der Waals surface area contributed by atoms with Crippen molar-refractivity contribution in [1.29, 1.82) is 0 Å². The topological polar surface area (TPSA) is 47.5 Å². The van der Waals surface area contributed by atoms with Crippen molar-refractivity contribution in [2.24, 2.45) is 0 Å². The van der Waals surface area contributed by atoms with Crippen LogP contribution in [0.1, 0.15) is 26.2 Å². The molecule has 2 atom stereocenters. The minimum Gasteiger partial charge on any atom is -0.494 e. The number of hydrazine groups is 1. The Bertz CT molecular complexity index is 217. The molecule has 2 rings (SSSR count). The SMILES string of the molecule is CCCC1CCN2NC(O)=CC2N1. The monoisotopic (exact) mass is 183 g/mol. The lowest BCUT2D eigenvalue weighted by molar-refractivity contribution is 0.0959. The molecule has 0 amide bonds. The Morgan fingerprint density at radius 2 is 2.54 bits per heavy atom. The molecule has 4 heteroatoms. The highest BCUT2D eigenvalue weighted by molar-refractivity contribution is 5.05. The summed E-state index contributed by atoms with van der Waals surface area (Å²) in [5.41, 5.74) is 2.91. The molecule has 0 radical (unpaired) electrons. The van der Waals surface area contributed by atoms with E-state index in [1.807, 2.05) is 11.1 Å². The lowest BCUT2D eigenvalue weighted by Crippen LogP contribution is -2.55. The second-order valence-corrected chi connectivity index (χ2v) is 3.74. The zero-order valence-corrected chi connectivity index (χ0v) is 7.95. The van der Waals surface area contributed by atoms with Crippen molar-refractivity contribution in [2.75, 3.05) is 6.54 Å². The molecule has 0 saturated carbocycles. The number of aliphatic hydroxyl groups excluding tert-OH is 1. The van der Waals surface area contributed by atoms with Crippen LogP contribution in [-0.2, 0) is 0 Å². The molecule has 4 nitrogen and oxygen atoms in total. The van der Waals surface area contributed by atoms with E-state index in [1.54, 1.807) is 0 Å². The van der Waals surface area contributed by atoms with Gasteiger partial charge in [-0.1, -0.05) is 13.3 Å². The van der Waals surface area contributed by atoms with Crippen LogP contribution in [0, 0.1) is 0 Å². The number of fused-ring (bicyclic) bond motifs is 1. The fraction of sp³-hybridized carbons (Fsp3) is 0.778. The summed E-state index contributed by atoms with van der Waals surface area (Å²) in [6, 6.07) is 0.607. The molecule has 3 N–H and O–H groups in total. The highest BCUT2D eigenvalue weighted by Crippen LogP contribution is 2.16. The first-order valence-electron chi connectivity index (χ1n) is 4.99. The van der Waals surface area contributed by atoms with Gasteiger partial charge in [0.25, 0.3) is 0 Å². The largest absolute Gasteiger partial charge is 0.494 e. The maximum absolute atomic E-state index is 9.24. The lowest BCUT2D eigenvalue weighted by Gasteiger charge is -2.35. The zero-order chi connectivity index (χ0) is 9.26. The Labute approximate surface area is 78.6 Å². The number of rotatable bonds is 2. The van der Waals surface area contributed by atoms with E-state index in [0.717, 1.165) is 13.0 Å². The van der Waals surface area contributed by atoms with Crippen molar-refractivity contribution < 1.29 is 5.11 Å². The maximum Gasteiger partial charge on any atom is 0.197 e.